The van der Waals surface area contributed by atoms with E-state index in [-0.39, 0.29) is 16.5 Å². The van der Waals surface area contributed by atoms with Crippen molar-refractivity contribution in [2.45, 2.75) is 13.0 Å². The van der Waals surface area contributed by atoms with Crippen LogP contribution in [0.4, 0.5) is 5.82 Å². The second-order valence-electron chi connectivity index (χ2n) is 4.11. The molecule has 0 aromatic carbocycles. The van der Waals surface area contributed by atoms with Crippen LogP contribution in [0.2, 0.25) is 10.0 Å². The van der Waals surface area contributed by atoms with Gasteiger partial charge >= 0.3 is 5.97 Å². The van der Waals surface area contributed by atoms with Crippen LogP contribution >= 0.6 is 23.2 Å². The molecule has 0 unspecified atom stereocenters. The van der Waals surface area contributed by atoms with E-state index in [9.17, 15) is 9.59 Å². The average Bonchev–Trinajstić information content (AvgIpc) is 2.50. The lowest BCUT2D eigenvalue weighted by Gasteiger charge is -2.13. The minimum atomic E-state index is -1.07. The first-order valence-corrected chi connectivity index (χ1v) is 6.82. The number of hydrogen-bond acceptors (Lipinski definition) is 6. The Morgan fingerprint density at radius 1 is 1.23 bits per heavy atom. The number of carbonyl (C=O) groups excluding carboxylic acids is 2. The van der Waals surface area contributed by atoms with Crippen LogP contribution in [0.25, 0.3) is 0 Å². The van der Waals surface area contributed by atoms with Gasteiger partial charge in [-0.1, -0.05) is 23.2 Å². The Bertz CT molecular complexity index is 697. The zero-order valence-electron chi connectivity index (χ0n) is 11.3. The zero-order chi connectivity index (χ0) is 16.1. The monoisotopic (exact) mass is 340 g/mol. The molecule has 0 spiro atoms. The zero-order valence-corrected chi connectivity index (χ0v) is 12.8. The molecule has 0 aliphatic rings. The van der Waals surface area contributed by atoms with Crippen molar-refractivity contribution in [3.8, 4) is 0 Å². The lowest BCUT2D eigenvalue weighted by atomic mass is 10.3. The normalized spacial score (nSPS) is 11.6. The summed E-state index contributed by atoms with van der Waals surface area (Å²) in [5.74, 6) is -1.22. The number of amides is 1. The van der Waals surface area contributed by atoms with E-state index in [0.717, 1.165) is 0 Å². The number of hydrogen-bond donors (Lipinski definition) is 1. The van der Waals surface area contributed by atoms with E-state index in [1.54, 1.807) is 0 Å². The molecule has 2 heterocycles. The van der Waals surface area contributed by atoms with Gasteiger partial charge in [0.05, 0.1) is 16.2 Å². The number of rotatable bonds is 4. The van der Waals surface area contributed by atoms with Crippen molar-refractivity contribution < 1.29 is 14.3 Å². The Hall–Kier alpha value is -2.25. The molecule has 0 radical (unpaired) electrons. The van der Waals surface area contributed by atoms with Crippen LogP contribution in [0, 0.1) is 0 Å². The molecule has 1 N–H and O–H groups in total. The predicted molar refractivity (Wildman–Crippen MR) is 79.8 cm³/mol. The van der Waals surface area contributed by atoms with Crippen LogP contribution in [0.3, 0.4) is 0 Å². The van der Waals surface area contributed by atoms with Crippen LogP contribution in [0.5, 0.6) is 0 Å². The first-order chi connectivity index (χ1) is 10.5. The third-order valence-electron chi connectivity index (χ3n) is 2.47. The van der Waals surface area contributed by atoms with E-state index >= 15 is 0 Å². The van der Waals surface area contributed by atoms with Crippen molar-refractivity contribution in [2.75, 3.05) is 5.32 Å². The second-order valence-corrected chi connectivity index (χ2v) is 4.96. The Labute approximate surface area is 135 Å². The molecule has 1 amide bonds. The highest BCUT2D eigenvalue weighted by Crippen LogP contribution is 2.22. The number of nitrogens with zero attached hydrogens (tertiary/aromatic N) is 3. The molecule has 1 atom stereocenters. The molecule has 22 heavy (non-hydrogen) atoms. The second kappa shape index (κ2) is 7.15. The molecular weight excluding hydrogens is 331 g/mol. The predicted octanol–water partition coefficient (Wildman–Crippen LogP) is 2.36. The van der Waals surface area contributed by atoms with Gasteiger partial charge in [-0.05, 0) is 13.0 Å². The number of pyridine rings is 1. The Morgan fingerprint density at radius 2 is 2.00 bits per heavy atom. The summed E-state index contributed by atoms with van der Waals surface area (Å²) < 4.78 is 4.98. The fourth-order valence-electron chi connectivity index (χ4n) is 1.40. The van der Waals surface area contributed by atoms with Gasteiger partial charge in [0.25, 0.3) is 5.91 Å². The number of anilines is 1. The summed E-state index contributed by atoms with van der Waals surface area (Å²) in [4.78, 5) is 35.1. The Kier molecular flexibility index (Phi) is 5.24. The molecule has 0 saturated heterocycles. The minimum absolute atomic E-state index is 0.00444. The van der Waals surface area contributed by atoms with Gasteiger partial charge in [0.2, 0.25) is 0 Å². The summed E-state index contributed by atoms with van der Waals surface area (Å²) in [7, 11) is 0. The lowest BCUT2D eigenvalue weighted by molar-refractivity contribution is -0.123. The fourth-order valence-corrected chi connectivity index (χ4v) is 1.83. The highest BCUT2D eigenvalue weighted by atomic mass is 35.5. The van der Waals surface area contributed by atoms with Crippen molar-refractivity contribution in [1.82, 2.24) is 15.0 Å². The van der Waals surface area contributed by atoms with Gasteiger partial charge in [-0.3, -0.25) is 9.78 Å². The standard InChI is InChI=1S/C13H10Cl2N4O3/c1-7(22-13(21)10-6-16-2-3-17-10)12(20)19-11-9(15)4-8(14)5-18-11/h2-7H,1H3,(H,18,19,20)/t7-/m1/s1. The first-order valence-electron chi connectivity index (χ1n) is 6.06. The van der Waals surface area contributed by atoms with Gasteiger partial charge in [-0.15, -0.1) is 0 Å². The van der Waals surface area contributed by atoms with Crippen molar-refractivity contribution in [3.63, 3.8) is 0 Å². The van der Waals surface area contributed by atoms with Gasteiger partial charge in [-0.2, -0.15) is 0 Å². The molecule has 0 saturated carbocycles. The Balaban J connectivity index is 1.99. The summed E-state index contributed by atoms with van der Waals surface area (Å²) >= 11 is 11.6. The van der Waals surface area contributed by atoms with Crippen molar-refractivity contribution in [3.05, 3.63) is 46.6 Å². The summed E-state index contributed by atoms with van der Waals surface area (Å²) in [5, 5.41) is 2.95. The third-order valence-corrected chi connectivity index (χ3v) is 2.97. The van der Waals surface area contributed by atoms with E-state index in [1.165, 1.54) is 37.8 Å². The topological polar surface area (TPSA) is 94.1 Å². The molecular formula is C13H10Cl2N4O3. The molecule has 2 rings (SSSR count). The van der Waals surface area contributed by atoms with Crippen LogP contribution in [-0.4, -0.2) is 32.9 Å². The SMILES string of the molecule is C[C@@H](OC(=O)c1cnccn1)C(=O)Nc1ncc(Cl)cc1Cl. The quantitative estimate of drug-likeness (QED) is 0.858. The molecule has 9 heteroatoms. The summed E-state index contributed by atoms with van der Waals surface area (Å²) in [6.45, 7) is 1.41. The van der Waals surface area contributed by atoms with E-state index in [1.807, 2.05) is 0 Å². The number of esters is 1. The Morgan fingerprint density at radius 3 is 2.64 bits per heavy atom. The van der Waals surface area contributed by atoms with E-state index in [2.05, 4.69) is 20.3 Å². The molecule has 0 fully saturated rings. The van der Waals surface area contributed by atoms with Crippen molar-refractivity contribution in [1.29, 1.82) is 0 Å². The minimum Gasteiger partial charge on any atom is -0.448 e. The number of halogens is 2. The number of ether oxygens (including phenoxy) is 1. The maximum absolute atomic E-state index is 12.0. The van der Waals surface area contributed by atoms with E-state index in [4.69, 9.17) is 27.9 Å². The maximum atomic E-state index is 12.0. The summed E-state index contributed by atoms with van der Waals surface area (Å²) in [5.41, 5.74) is 0.00444. The van der Waals surface area contributed by atoms with E-state index < -0.39 is 18.0 Å². The van der Waals surface area contributed by atoms with Gasteiger partial charge in [-0.25, -0.2) is 14.8 Å². The number of aromatic nitrogens is 3. The van der Waals surface area contributed by atoms with Crippen LogP contribution in [0.1, 0.15) is 17.4 Å². The van der Waals surface area contributed by atoms with Crippen LogP contribution in [-0.2, 0) is 9.53 Å². The highest BCUT2D eigenvalue weighted by Gasteiger charge is 2.21. The van der Waals surface area contributed by atoms with Crippen LogP contribution < -0.4 is 5.32 Å². The first kappa shape index (κ1) is 16.1. The van der Waals surface area contributed by atoms with Gasteiger partial charge < -0.3 is 10.1 Å². The molecule has 2 aromatic heterocycles. The lowest BCUT2D eigenvalue weighted by Crippen LogP contribution is -2.30. The molecule has 0 aliphatic carbocycles. The molecule has 7 nitrogen and oxygen atoms in total. The van der Waals surface area contributed by atoms with Crippen molar-refractivity contribution >= 4 is 40.9 Å². The van der Waals surface area contributed by atoms with Gasteiger partial charge in [0.15, 0.2) is 17.6 Å². The molecule has 0 bridgehead atoms. The van der Waals surface area contributed by atoms with E-state index in [0.29, 0.717) is 5.02 Å². The summed E-state index contributed by atoms with van der Waals surface area (Å²) in [6.07, 6.45) is 4.27. The average molecular weight is 341 g/mol. The number of carbonyl (C=O) groups is 2. The van der Waals surface area contributed by atoms with Crippen molar-refractivity contribution in [2.24, 2.45) is 0 Å². The third kappa shape index (κ3) is 4.12. The van der Waals surface area contributed by atoms with Crippen LogP contribution in [0.15, 0.2) is 30.9 Å². The molecule has 114 valence electrons. The largest absolute Gasteiger partial charge is 0.448 e. The summed E-state index contributed by atoms with van der Waals surface area (Å²) in [6, 6.07) is 1.43. The van der Waals surface area contributed by atoms with Gasteiger partial charge in [0, 0.05) is 18.6 Å². The molecule has 2 aromatic rings. The molecule has 0 aliphatic heterocycles. The maximum Gasteiger partial charge on any atom is 0.359 e. The van der Waals surface area contributed by atoms with Gasteiger partial charge in [0.1, 0.15) is 0 Å². The highest BCUT2D eigenvalue weighted by molar-refractivity contribution is 6.36. The number of nitrogens with one attached hydrogen (secondary N) is 1. The fraction of sp³-hybridized carbons (Fsp3) is 0.154. The smallest absolute Gasteiger partial charge is 0.359 e.